The number of halogens is 3. The van der Waals surface area contributed by atoms with Crippen LogP contribution in [0.1, 0.15) is 30.4 Å². The molecule has 0 spiro atoms. The van der Waals surface area contributed by atoms with Crippen LogP contribution in [0.5, 0.6) is 0 Å². The smallest absolute Gasteiger partial charge is 0.396 e. The van der Waals surface area contributed by atoms with Gasteiger partial charge in [-0.15, -0.1) is 0 Å². The van der Waals surface area contributed by atoms with Crippen LogP contribution in [0.25, 0.3) is 0 Å². The van der Waals surface area contributed by atoms with Gasteiger partial charge in [-0.1, -0.05) is 12.2 Å². The first-order valence-electron chi connectivity index (χ1n) is 10.2. The molecule has 1 aliphatic carbocycles. The van der Waals surface area contributed by atoms with Gasteiger partial charge < -0.3 is 14.9 Å². The van der Waals surface area contributed by atoms with Gasteiger partial charge in [-0.2, -0.15) is 18.4 Å². The van der Waals surface area contributed by atoms with E-state index < -0.39 is 22.7 Å². The topological polar surface area (TPSA) is 67.6 Å². The first-order chi connectivity index (χ1) is 14.3. The van der Waals surface area contributed by atoms with E-state index in [1.54, 1.807) is 6.07 Å². The summed E-state index contributed by atoms with van der Waals surface area (Å²) in [6.45, 7) is 1.90. The lowest BCUT2D eigenvalue weighted by Gasteiger charge is -2.43. The molecule has 2 heterocycles. The molecular weight excluding hydrogens is 395 g/mol. The molecule has 2 saturated heterocycles. The Balaban J connectivity index is 1.55. The lowest BCUT2D eigenvalue weighted by atomic mass is 9.73. The van der Waals surface area contributed by atoms with Crippen LogP contribution in [0, 0.1) is 28.6 Å². The summed E-state index contributed by atoms with van der Waals surface area (Å²) >= 11 is 0. The van der Waals surface area contributed by atoms with Crippen molar-refractivity contribution in [3.05, 3.63) is 41.5 Å². The Bertz CT molecular complexity index is 900. The number of anilines is 1. The third-order valence-corrected chi connectivity index (χ3v) is 6.91. The van der Waals surface area contributed by atoms with E-state index in [9.17, 15) is 23.1 Å². The van der Waals surface area contributed by atoms with E-state index in [2.05, 4.69) is 0 Å². The maximum atomic E-state index is 13.4. The SMILES string of the molecule is N#Cc1ccc(N2C[C@H]3CN(C(=O)C4CC=CC4)CC[C@@]3(CO)C2)cc1C(F)(F)F. The number of rotatable bonds is 3. The van der Waals surface area contributed by atoms with Gasteiger partial charge in [-0.3, -0.25) is 4.79 Å². The molecule has 0 unspecified atom stereocenters. The average molecular weight is 419 g/mol. The van der Waals surface area contributed by atoms with Crippen molar-refractivity contribution in [3.63, 3.8) is 0 Å². The largest absolute Gasteiger partial charge is 0.417 e. The number of hydrogen-bond acceptors (Lipinski definition) is 4. The van der Waals surface area contributed by atoms with Crippen LogP contribution in [0.3, 0.4) is 0 Å². The van der Waals surface area contributed by atoms with Gasteiger partial charge in [0.1, 0.15) is 0 Å². The minimum atomic E-state index is -4.61. The zero-order valence-electron chi connectivity index (χ0n) is 16.5. The van der Waals surface area contributed by atoms with Crippen molar-refractivity contribution in [1.29, 1.82) is 5.26 Å². The molecule has 2 atom stereocenters. The molecule has 1 amide bonds. The predicted octanol–water partition coefficient (Wildman–Crippen LogP) is 3.19. The minimum Gasteiger partial charge on any atom is -0.396 e. The Morgan fingerprint density at radius 3 is 2.63 bits per heavy atom. The fourth-order valence-corrected chi connectivity index (χ4v) is 5.08. The number of amides is 1. The van der Waals surface area contributed by atoms with Gasteiger partial charge >= 0.3 is 6.18 Å². The fraction of sp³-hybridized carbons (Fsp3) is 0.545. The molecule has 3 aliphatic rings. The number of aliphatic hydroxyl groups excluding tert-OH is 1. The van der Waals surface area contributed by atoms with E-state index in [1.807, 2.05) is 22.0 Å². The van der Waals surface area contributed by atoms with Gasteiger partial charge in [-0.25, -0.2) is 0 Å². The van der Waals surface area contributed by atoms with Gasteiger partial charge in [0.25, 0.3) is 0 Å². The fourth-order valence-electron chi connectivity index (χ4n) is 5.08. The minimum absolute atomic E-state index is 0.0143. The summed E-state index contributed by atoms with van der Waals surface area (Å²) in [7, 11) is 0. The highest BCUT2D eigenvalue weighted by Gasteiger charge is 2.50. The van der Waals surface area contributed by atoms with Gasteiger partial charge in [0, 0.05) is 49.1 Å². The number of fused-ring (bicyclic) bond motifs is 1. The maximum Gasteiger partial charge on any atom is 0.417 e. The number of piperidine rings is 1. The van der Waals surface area contributed by atoms with Gasteiger partial charge in [0.15, 0.2) is 0 Å². The molecule has 0 saturated carbocycles. The maximum absolute atomic E-state index is 13.4. The zero-order valence-corrected chi connectivity index (χ0v) is 16.5. The van der Waals surface area contributed by atoms with Crippen molar-refractivity contribution >= 4 is 11.6 Å². The van der Waals surface area contributed by atoms with Crippen LogP contribution < -0.4 is 4.90 Å². The monoisotopic (exact) mass is 419 g/mol. The Hall–Kier alpha value is -2.53. The molecule has 8 heteroatoms. The summed E-state index contributed by atoms with van der Waals surface area (Å²) in [6.07, 6.45) is 1.56. The highest BCUT2D eigenvalue weighted by molar-refractivity contribution is 5.80. The summed E-state index contributed by atoms with van der Waals surface area (Å²) in [5, 5.41) is 19.2. The van der Waals surface area contributed by atoms with Crippen molar-refractivity contribution in [2.75, 3.05) is 37.7 Å². The van der Waals surface area contributed by atoms with E-state index in [4.69, 9.17) is 5.26 Å². The molecule has 1 aromatic rings. The number of aliphatic hydroxyl groups is 1. The molecule has 30 heavy (non-hydrogen) atoms. The van der Waals surface area contributed by atoms with E-state index >= 15 is 0 Å². The molecule has 0 aromatic heterocycles. The third kappa shape index (κ3) is 3.56. The Morgan fingerprint density at radius 2 is 2.00 bits per heavy atom. The molecule has 0 radical (unpaired) electrons. The summed E-state index contributed by atoms with van der Waals surface area (Å²) in [4.78, 5) is 16.5. The number of allylic oxidation sites excluding steroid dienone is 2. The second kappa shape index (κ2) is 7.62. The third-order valence-electron chi connectivity index (χ3n) is 6.91. The lowest BCUT2D eigenvalue weighted by molar-refractivity contribution is -0.139. The summed E-state index contributed by atoms with van der Waals surface area (Å²) in [5.74, 6) is 0.0965. The average Bonchev–Trinajstić information content (AvgIpc) is 3.40. The molecule has 1 N–H and O–H groups in total. The summed E-state index contributed by atoms with van der Waals surface area (Å²) < 4.78 is 40.1. The number of nitriles is 1. The quantitative estimate of drug-likeness (QED) is 0.765. The number of alkyl halides is 3. The first kappa shape index (κ1) is 20.7. The van der Waals surface area contributed by atoms with E-state index in [1.165, 1.54) is 12.1 Å². The number of benzene rings is 1. The first-order valence-corrected chi connectivity index (χ1v) is 10.2. The molecule has 1 aromatic carbocycles. The predicted molar refractivity (Wildman–Crippen MR) is 104 cm³/mol. The van der Waals surface area contributed by atoms with Gasteiger partial charge in [0.05, 0.1) is 23.8 Å². The molecule has 2 fully saturated rings. The van der Waals surface area contributed by atoms with Crippen LogP contribution in [-0.4, -0.2) is 48.7 Å². The number of carbonyl (C=O) groups is 1. The highest BCUT2D eigenvalue weighted by atomic mass is 19.4. The van der Waals surface area contributed by atoms with Crippen LogP contribution in [0.4, 0.5) is 18.9 Å². The standard InChI is InChI=1S/C22H24F3N3O2/c23-22(24,25)19-9-18(6-5-16(19)10-26)28-12-17-11-27(8-7-21(17,13-28)14-29)20(30)15-3-1-2-4-15/h1-2,5-6,9,15,17,29H,3-4,7-8,11-14H2/t17-,21+/m1/s1. The van der Waals surface area contributed by atoms with Gasteiger partial charge in [0.2, 0.25) is 5.91 Å². The van der Waals surface area contributed by atoms with Crippen molar-refractivity contribution < 1.29 is 23.1 Å². The van der Waals surface area contributed by atoms with Crippen molar-refractivity contribution in [2.45, 2.75) is 25.4 Å². The number of hydrogen-bond donors (Lipinski definition) is 1. The van der Waals surface area contributed by atoms with Crippen LogP contribution in [0.15, 0.2) is 30.4 Å². The van der Waals surface area contributed by atoms with Gasteiger partial charge in [-0.05, 0) is 37.5 Å². The Morgan fingerprint density at radius 1 is 1.27 bits per heavy atom. The number of likely N-dealkylation sites (tertiary alicyclic amines) is 1. The molecule has 4 rings (SSSR count). The summed E-state index contributed by atoms with van der Waals surface area (Å²) in [5.41, 5.74) is -1.39. The van der Waals surface area contributed by atoms with Crippen molar-refractivity contribution in [3.8, 4) is 6.07 Å². The molecule has 2 aliphatic heterocycles. The Kier molecular flexibility index (Phi) is 5.27. The Labute approximate surface area is 173 Å². The van der Waals surface area contributed by atoms with Crippen LogP contribution in [0.2, 0.25) is 0 Å². The van der Waals surface area contributed by atoms with E-state index in [-0.39, 0.29) is 24.3 Å². The van der Waals surface area contributed by atoms with Crippen LogP contribution >= 0.6 is 0 Å². The van der Waals surface area contributed by atoms with Crippen molar-refractivity contribution in [1.82, 2.24) is 4.90 Å². The summed E-state index contributed by atoms with van der Waals surface area (Å²) in [6, 6.07) is 5.36. The second-order valence-corrected chi connectivity index (χ2v) is 8.61. The molecule has 0 bridgehead atoms. The normalized spacial score (nSPS) is 26.7. The number of nitrogens with zero attached hydrogens (tertiary/aromatic N) is 3. The lowest BCUT2D eigenvalue weighted by Crippen LogP contribution is -2.51. The molecule has 5 nitrogen and oxygen atoms in total. The second-order valence-electron chi connectivity index (χ2n) is 8.61. The van der Waals surface area contributed by atoms with E-state index in [0.717, 1.165) is 18.9 Å². The van der Waals surface area contributed by atoms with E-state index in [0.29, 0.717) is 38.3 Å². The number of carbonyl (C=O) groups excluding carboxylic acids is 1. The molecular formula is C22H24F3N3O2. The van der Waals surface area contributed by atoms with Crippen molar-refractivity contribution in [2.24, 2.45) is 17.3 Å². The highest BCUT2D eigenvalue weighted by Crippen LogP contribution is 2.45. The zero-order chi connectivity index (χ0) is 21.5. The van der Waals surface area contributed by atoms with Crippen LogP contribution in [-0.2, 0) is 11.0 Å². The molecule has 160 valence electrons.